The Labute approximate surface area is 182 Å². The van der Waals surface area contributed by atoms with Gasteiger partial charge >= 0.3 is 5.63 Å². The molecule has 6 nitrogen and oxygen atoms in total. The van der Waals surface area contributed by atoms with Crippen LogP contribution in [0.5, 0.6) is 0 Å². The zero-order chi connectivity index (χ0) is 21.5. The van der Waals surface area contributed by atoms with E-state index in [1.807, 2.05) is 6.92 Å². The van der Waals surface area contributed by atoms with Gasteiger partial charge in [0.1, 0.15) is 0 Å². The van der Waals surface area contributed by atoms with Gasteiger partial charge in [0.15, 0.2) is 0 Å². The summed E-state index contributed by atoms with van der Waals surface area (Å²) in [6, 6.07) is 15.5. The van der Waals surface area contributed by atoms with Gasteiger partial charge in [0.25, 0.3) is 10.0 Å². The lowest BCUT2D eigenvalue weighted by molar-refractivity contribution is 0.518. The lowest BCUT2D eigenvalue weighted by Gasteiger charge is -2.12. The number of fused-ring (bicyclic) bond motifs is 1. The maximum absolute atomic E-state index is 12.8. The molecule has 0 spiro atoms. The van der Waals surface area contributed by atoms with Crippen LogP contribution in [-0.4, -0.2) is 13.4 Å². The number of aromatic nitrogens is 1. The van der Waals surface area contributed by atoms with Gasteiger partial charge in [-0.3, -0.25) is 4.72 Å². The monoisotopic (exact) mass is 460 g/mol. The molecule has 0 radical (unpaired) electrons. The Morgan fingerprint density at radius 3 is 2.33 bits per heavy atom. The van der Waals surface area contributed by atoms with Crippen LogP contribution in [0.15, 0.2) is 74.8 Å². The van der Waals surface area contributed by atoms with Crippen LogP contribution >= 0.6 is 23.2 Å². The lowest BCUT2D eigenvalue weighted by atomic mass is 10.1. The van der Waals surface area contributed by atoms with E-state index in [0.29, 0.717) is 15.6 Å². The molecule has 1 aromatic heterocycles. The summed E-state index contributed by atoms with van der Waals surface area (Å²) in [6.45, 7) is 1.86. The van der Waals surface area contributed by atoms with Gasteiger partial charge in [-0.2, -0.15) is 0 Å². The molecule has 0 saturated carbocycles. The molecule has 0 aliphatic rings. The van der Waals surface area contributed by atoms with Gasteiger partial charge in [-0.05, 0) is 55.5 Å². The largest absolute Gasteiger partial charge is 0.403 e. The van der Waals surface area contributed by atoms with Crippen molar-refractivity contribution < 1.29 is 12.8 Å². The molecule has 0 atom stereocenters. The fourth-order valence-corrected chi connectivity index (χ4v) is 4.29. The van der Waals surface area contributed by atoms with Crippen LogP contribution < -0.4 is 10.3 Å². The van der Waals surface area contributed by atoms with Gasteiger partial charge in [-0.15, -0.1) is 0 Å². The van der Waals surface area contributed by atoms with E-state index in [0.717, 1.165) is 5.56 Å². The normalized spacial score (nSPS) is 11.6. The van der Waals surface area contributed by atoms with Crippen LogP contribution in [0.25, 0.3) is 22.4 Å². The number of halogens is 2. The standard InChI is InChI=1S/C21H14Cl2N2O4S/c1-12-2-6-15(7-3-12)30(27,28)25-19-9-5-13(22)10-16(19)20-24-18-8-4-14(23)11-17(18)21(26)29-20/h2-11,25H,1H3. The Morgan fingerprint density at radius 1 is 0.933 bits per heavy atom. The van der Waals surface area contributed by atoms with Crippen LogP contribution in [0.1, 0.15) is 5.56 Å². The van der Waals surface area contributed by atoms with E-state index in [4.69, 9.17) is 27.6 Å². The number of hydrogen-bond acceptors (Lipinski definition) is 5. The zero-order valence-corrected chi connectivity index (χ0v) is 17.8. The van der Waals surface area contributed by atoms with Crippen molar-refractivity contribution in [3.8, 4) is 11.5 Å². The molecule has 0 fully saturated rings. The van der Waals surface area contributed by atoms with E-state index in [1.165, 1.54) is 36.4 Å². The molecule has 1 heterocycles. The summed E-state index contributed by atoms with van der Waals surface area (Å²) < 4.78 is 33.5. The molecule has 0 amide bonds. The van der Waals surface area contributed by atoms with Gasteiger partial charge in [-0.25, -0.2) is 18.2 Å². The van der Waals surface area contributed by atoms with Crippen LogP contribution in [0.4, 0.5) is 5.69 Å². The van der Waals surface area contributed by atoms with Gasteiger partial charge in [-0.1, -0.05) is 40.9 Å². The first kappa shape index (κ1) is 20.4. The maximum atomic E-state index is 12.8. The fraction of sp³-hybridized carbons (Fsp3) is 0.0476. The average Bonchev–Trinajstić information content (AvgIpc) is 2.70. The minimum absolute atomic E-state index is 0.0704. The zero-order valence-electron chi connectivity index (χ0n) is 15.5. The van der Waals surface area contributed by atoms with Gasteiger partial charge in [0, 0.05) is 10.0 Å². The molecule has 0 bridgehead atoms. The van der Waals surface area contributed by atoms with Crippen LogP contribution in [0, 0.1) is 6.92 Å². The van der Waals surface area contributed by atoms with Crippen molar-refractivity contribution in [1.29, 1.82) is 0 Å². The minimum Gasteiger partial charge on any atom is -0.403 e. The first-order valence-electron chi connectivity index (χ1n) is 8.73. The molecule has 1 N–H and O–H groups in total. The Morgan fingerprint density at radius 2 is 1.60 bits per heavy atom. The molecule has 0 aliphatic carbocycles. The second-order valence-electron chi connectivity index (χ2n) is 6.58. The minimum atomic E-state index is -3.89. The topological polar surface area (TPSA) is 89.3 Å². The van der Waals surface area contributed by atoms with Crippen LogP contribution in [-0.2, 0) is 10.0 Å². The number of sulfonamides is 1. The summed E-state index contributed by atoms with van der Waals surface area (Å²) in [5.74, 6) is -0.0704. The van der Waals surface area contributed by atoms with E-state index in [9.17, 15) is 13.2 Å². The number of nitrogens with one attached hydrogen (secondary N) is 1. The Balaban J connectivity index is 1.83. The summed E-state index contributed by atoms with van der Waals surface area (Å²) >= 11 is 12.0. The molecule has 152 valence electrons. The molecule has 9 heteroatoms. The first-order valence-corrected chi connectivity index (χ1v) is 11.0. The molecule has 3 aromatic carbocycles. The first-order chi connectivity index (χ1) is 14.2. The Kier molecular flexibility index (Phi) is 5.27. The van der Waals surface area contributed by atoms with Crippen LogP contribution in [0.3, 0.4) is 0 Å². The van der Waals surface area contributed by atoms with Crippen molar-refractivity contribution >= 4 is 49.8 Å². The molecular formula is C21H14Cl2N2O4S. The number of benzene rings is 3. The number of rotatable bonds is 4. The molecular weight excluding hydrogens is 447 g/mol. The highest BCUT2D eigenvalue weighted by Gasteiger charge is 2.19. The van der Waals surface area contributed by atoms with E-state index in [2.05, 4.69) is 9.71 Å². The van der Waals surface area contributed by atoms with Crippen molar-refractivity contribution in [3.05, 3.63) is 86.7 Å². The third kappa shape index (κ3) is 4.05. The van der Waals surface area contributed by atoms with Crippen molar-refractivity contribution in [2.45, 2.75) is 11.8 Å². The van der Waals surface area contributed by atoms with E-state index in [-0.39, 0.29) is 27.4 Å². The Hall–Kier alpha value is -2.87. The van der Waals surface area contributed by atoms with Gasteiger partial charge in [0.2, 0.25) is 5.89 Å². The van der Waals surface area contributed by atoms with Crippen molar-refractivity contribution in [3.63, 3.8) is 0 Å². The van der Waals surface area contributed by atoms with Crippen molar-refractivity contribution in [2.24, 2.45) is 0 Å². The Bertz CT molecular complexity index is 1430. The highest BCUT2D eigenvalue weighted by atomic mass is 35.5. The van der Waals surface area contributed by atoms with E-state index in [1.54, 1.807) is 24.3 Å². The predicted octanol–water partition coefficient (Wildman–Crippen LogP) is 5.27. The second-order valence-corrected chi connectivity index (χ2v) is 9.13. The number of anilines is 1. The molecule has 4 aromatic rings. The summed E-state index contributed by atoms with van der Waals surface area (Å²) in [6.07, 6.45) is 0. The quantitative estimate of drug-likeness (QED) is 0.447. The van der Waals surface area contributed by atoms with Crippen molar-refractivity contribution in [1.82, 2.24) is 4.98 Å². The number of hydrogen-bond donors (Lipinski definition) is 1. The molecule has 30 heavy (non-hydrogen) atoms. The SMILES string of the molecule is Cc1ccc(S(=O)(=O)Nc2ccc(Cl)cc2-c2nc3ccc(Cl)cc3c(=O)o2)cc1. The highest BCUT2D eigenvalue weighted by Crippen LogP contribution is 2.32. The summed E-state index contributed by atoms with van der Waals surface area (Å²) in [5, 5.41) is 0.914. The third-order valence-electron chi connectivity index (χ3n) is 4.38. The smallest absolute Gasteiger partial charge is 0.347 e. The third-order valence-corrected chi connectivity index (χ3v) is 6.23. The van der Waals surface area contributed by atoms with E-state index >= 15 is 0 Å². The fourth-order valence-electron chi connectivity index (χ4n) is 2.86. The molecule has 0 unspecified atom stereocenters. The predicted molar refractivity (Wildman–Crippen MR) is 118 cm³/mol. The molecule has 0 aliphatic heterocycles. The lowest BCUT2D eigenvalue weighted by Crippen LogP contribution is -2.14. The highest BCUT2D eigenvalue weighted by molar-refractivity contribution is 7.92. The summed E-state index contributed by atoms with van der Waals surface area (Å²) in [4.78, 5) is 16.9. The summed E-state index contributed by atoms with van der Waals surface area (Å²) in [7, 11) is -3.89. The van der Waals surface area contributed by atoms with Crippen molar-refractivity contribution in [2.75, 3.05) is 4.72 Å². The molecule has 4 rings (SSSR count). The maximum Gasteiger partial charge on any atom is 0.347 e. The summed E-state index contributed by atoms with van der Waals surface area (Å²) in [5.41, 5.74) is 1.04. The average molecular weight is 461 g/mol. The van der Waals surface area contributed by atoms with E-state index < -0.39 is 15.6 Å². The van der Waals surface area contributed by atoms with Gasteiger partial charge < -0.3 is 4.42 Å². The molecule has 0 saturated heterocycles. The van der Waals surface area contributed by atoms with Gasteiger partial charge in [0.05, 0.1) is 27.0 Å². The second kappa shape index (κ2) is 7.75. The number of nitrogens with zero attached hydrogens (tertiary/aromatic N) is 1. The van der Waals surface area contributed by atoms with Crippen LogP contribution in [0.2, 0.25) is 10.0 Å². The number of aryl methyl sites for hydroxylation is 1.